The van der Waals surface area contributed by atoms with Crippen LogP contribution in [-0.2, 0) is 14.6 Å². The van der Waals surface area contributed by atoms with Crippen LogP contribution in [-0.4, -0.2) is 31.5 Å². The van der Waals surface area contributed by atoms with Crippen molar-refractivity contribution in [1.29, 1.82) is 0 Å². The smallest absolute Gasteiger partial charge is 0.240 e. The SMILES string of the molecule is O=C(C[C@H]1CCS(=O)(=O)C1)NN=C1CCCCCCC1. The Bertz CT molecular complexity index is 461. The number of hydrazone groups is 1. The zero-order chi connectivity index (χ0) is 14.4. The Balaban J connectivity index is 1.76. The minimum absolute atomic E-state index is 0.0301. The normalized spacial score (nSPS) is 26.6. The van der Waals surface area contributed by atoms with Gasteiger partial charge in [0.15, 0.2) is 9.84 Å². The fourth-order valence-corrected chi connectivity index (χ4v) is 4.77. The largest absolute Gasteiger partial charge is 0.273 e. The first-order valence-corrected chi connectivity index (χ1v) is 9.42. The maximum Gasteiger partial charge on any atom is 0.240 e. The van der Waals surface area contributed by atoms with Crippen LogP contribution in [0, 0.1) is 5.92 Å². The van der Waals surface area contributed by atoms with E-state index in [-0.39, 0.29) is 29.8 Å². The summed E-state index contributed by atoms with van der Waals surface area (Å²) in [5.74, 6) is 0.190. The van der Waals surface area contributed by atoms with E-state index in [1.54, 1.807) is 0 Å². The summed E-state index contributed by atoms with van der Waals surface area (Å²) in [7, 11) is -2.90. The monoisotopic (exact) mass is 300 g/mol. The molecule has 0 radical (unpaired) electrons. The zero-order valence-electron chi connectivity index (χ0n) is 11.9. The molecule has 0 spiro atoms. The van der Waals surface area contributed by atoms with E-state index in [2.05, 4.69) is 10.5 Å². The van der Waals surface area contributed by atoms with E-state index in [4.69, 9.17) is 0 Å². The summed E-state index contributed by atoms with van der Waals surface area (Å²) in [6, 6.07) is 0. The molecule has 1 amide bonds. The summed E-state index contributed by atoms with van der Waals surface area (Å²) < 4.78 is 22.7. The van der Waals surface area contributed by atoms with Crippen LogP contribution >= 0.6 is 0 Å². The fraction of sp³-hybridized carbons (Fsp3) is 0.857. The molecule has 0 bridgehead atoms. The molecule has 1 saturated carbocycles. The Kier molecular flexibility index (Phi) is 5.57. The van der Waals surface area contributed by atoms with Gasteiger partial charge in [-0.2, -0.15) is 5.10 Å². The van der Waals surface area contributed by atoms with Gasteiger partial charge in [0.05, 0.1) is 11.5 Å². The van der Waals surface area contributed by atoms with Crippen LogP contribution in [0.1, 0.15) is 57.8 Å². The van der Waals surface area contributed by atoms with Crippen molar-refractivity contribution in [3.63, 3.8) is 0 Å². The average molecular weight is 300 g/mol. The Labute approximate surface area is 121 Å². The van der Waals surface area contributed by atoms with E-state index in [0.29, 0.717) is 6.42 Å². The molecule has 0 aromatic rings. The third-order valence-electron chi connectivity index (χ3n) is 4.07. The molecule has 114 valence electrons. The molecule has 1 N–H and O–H groups in total. The van der Waals surface area contributed by atoms with Gasteiger partial charge in [-0.05, 0) is 38.0 Å². The van der Waals surface area contributed by atoms with E-state index in [1.807, 2.05) is 0 Å². The summed E-state index contributed by atoms with van der Waals surface area (Å²) in [4.78, 5) is 11.8. The molecule has 0 aromatic heterocycles. The van der Waals surface area contributed by atoms with Crippen LogP contribution in [0.15, 0.2) is 5.10 Å². The van der Waals surface area contributed by atoms with Gasteiger partial charge in [-0.15, -0.1) is 0 Å². The second-order valence-electron chi connectivity index (χ2n) is 5.95. The first-order valence-electron chi connectivity index (χ1n) is 7.60. The second kappa shape index (κ2) is 7.20. The van der Waals surface area contributed by atoms with Gasteiger partial charge >= 0.3 is 0 Å². The number of rotatable bonds is 3. The van der Waals surface area contributed by atoms with Crippen LogP contribution in [0.25, 0.3) is 0 Å². The summed E-state index contributed by atoms with van der Waals surface area (Å²) in [6.45, 7) is 0. The number of carbonyl (C=O) groups is 1. The average Bonchev–Trinajstić information content (AvgIpc) is 2.67. The zero-order valence-corrected chi connectivity index (χ0v) is 12.8. The highest BCUT2D eigenvalue weighted by Crippen LogP contribution is 2.21. The van der Waals surface area contributed by atoms with Crippen LogP contribution in [0.4, 0.5) is 0 Å². The van der Waals surface area contributed by atoms with Crippen LogP contribution in [0.3, 0.4) is 0 Å². The van der Waals surface area contributed by atoms with Gasteiger partial charge < -0.3 is 0 Å². The van der Waals surface area contributed by atoms with Gasteiger partial charge in [0.25, 0.3) is 0 Å². The molecule has 0 unspecified atom stereocenters. The van der Waals surface area contributed by atoms with Gasteiger partial charge in [0.2, 0.25) is 5.91 Å². The van der Waals surface area contributed by atoms with E-state index >= 15 is 0 Å². The Hall–Kier alpha value is -0.910. The molecule has 2 aliphatic rings. The number of carbonyl (C=O) groups excluding carboxylic acids is 1. The lowest BCUT2D eigenvalue weighted by molar-refractivity contribution is -0.121. The molecule has 2 rings (SSSR count). The predicted molar refractivity (Wildman–Crippen MR) is 79.3 cm³/mol. The van der Waals surface area contributed by atoms with Crippen molar-refractivity contribution in [2.24, 2.45) is 11.0 Å². The molecule has 1 heterocycles. The Morgan fingerprint density at radius 1 is 1.15 bits per heavy atom. The molecule has 0 aromatic carbocycles. The highest BCUT2D eigenvalue weighted by atomic mass is 32.2. The molecular weight excluding hydrogens is 276 g/mol. The number of amides is 1. The summed E-state index contributed by atoms with van der Waals surface area (Å²) >= 11 is 0. The predicted octanol–water partition coefficient (Wildman–Crippen LogP) is 2.03. The van der Waals surface area contributed by atoms with E-state index < -0.39 is 9.84 Å². The lowest BCUT2D eigenvalue weighted by Crippen LogP contribution is -2.23. The highest BCUT2D eigenvalue weighted by molar-refractivity contribution is 7.91. The number of nitrogens with one attached hydrogen (secondary N) is 1. The summed E-state index contributed by atoms with van der Waals surface area (Å²) in [5, 5.41) is 4.23. The minimum Gasteiger partial charge on any atom is -0.273 e. The highest BCUT2D eigenvalue weighted by Gasteiger charge is 2.29. The maximum absolute atomic E-state index is 11.8. The van der Waals surface area contributed by atoms with Crippen LogP contribution < -0.4 is 5.43 Å². The third-order valence-corrected chi connectivity index (χ3v) is 5.91. The molecule has 20 heavy (non-hydrogen) atoms. The summed E-state index contributed by atoms with van der Waals surface area (Å²) in [6.07, 6.45) is 8.90. The number of hydrogen-bond acceptors (Lipinski definition) is 4. The lowest BCUT2D eigenvalue weighted by Gasteiger charge is -2.11. The second-order valence-corrected chi connectivity index (χ2v) is 8.18. The number of sulfone groups is 1. The van der Waals surface area contributed by atoms with E-state index in [0.717, 1.165) is 31.4 Å². The quantitative estimate of drug-likeness (QED) is 0.810. The van der Waals surface area contributed by atoms with Crippen LogP contribution in [0.5, 0.6) is 0 Å². The van der Waals surface area contributed by atoms with E-state index in [1.165, 1.54) is 19.3 Å². The van der Waals surface area contributed by atoms with Crippen molar-refractivity contribution in [3.05, 3.63) is 0 Å². The number of hydrogen-bond donors (Lipinski definition) is 1. The molecule has 1 atom stereocenters. The van der Waals surface area contributed by atoms with Crippen molar-refractivity contribution >= 4 is 21.5 Å². The van der Waals surface area contributed by atoms with Crippen molar-refractivity contribution < 1.29 is 13.2 Å². The Morgan fingerprint density at radius 3 is 2.40 bits per heavy atom. The van der Waals surface area contributed by atoms with Crippen LogP contribution in [0.2, 0.25) is 0 Å². The molecule has 2 fully saturated rings. The van der Waals surface area contributed by atoms with Gasteiger partial charge in [0.1, 0.15) is 0 Å². The first-order chi connectivity index (χ1) is 9.55. The van der Waals surface area contributed by atoms with Gasteiger partial charge in [0, 0.05) is 12.1 Å². The molecule has 1 saturated heterocycles. The van der Waals surface area contributed by atoms with E-state index in [9.17, 15) is 13.2 Å². The Morgan fingerprint density at radius 2 is 1.80 bits per heavy atom. The summed E-state index contributed by atoms with van der Waals surface area (Å²) in [5.41, 5.74) is 3.69. The maximum atomic E-state index is 11.8. The minimum atomic E-state index is -2.90. The van der Waals surface area contributed by atoms with Crippen molar-refractivity contribution in [2.45, 2.75) is 57.8 Å². The lowest BCUT2D eigenvalue weighted by atomic mass is 9.99. The van der Waals surface area contributed by atoms with Gasteiger partial charge in [-0.25, -0.2) is 13.8 Å². The van der Waals surface area contributed by atoms with Crippen molar-refractivity contribution in [1.82, 2.24) is 5.43 Å². The first kappa shape index (κ1) is 15.5. The molecule has 1 aliphatic carbocycles. The molecule has 6 heteroatoms. The topological polar surface area (TPSA) is 75.6 Å². The third kappa shape index (κ3) is 5.23. The molecule has 5 nitrogen and oxygen atoms in total. The standard InChI is InChI=1S/C14H24N2O3S/c17-14(10-12-8-9-20(18,19)11-12)16-15-13-6-4-2-1-3-5-7-13/h12H,1-11H2,(H,16,17)/t12-/m1/s1. The number of nitrogens with zero attached hydrogens (tertiary/aromatic N) is 1. The van der Waals surface area contributed by atoms with Gasteiger partial charge in [-0.3, -0.25) is 4.79 Å². The molecular formula is C14H24N2O3S. The fourth-order valence-electron chi connectivity index (χ4n) is 2.91. The van der Waals surface area contributed by atoms with Crippen molar-refractivity contribution in [3.8, 4) is 0 Å². The molecule has 1 aliphatic heterocycles. The van der Waals surface area contributed by atoms with Gasteiger partial charge in [-0.1, -0.05) is 19.3 Å². The van der Waals surface area contributed by atoms with Crippen molar-refractivity contribution in [2.75, 3.05) is 11.5 Å².